The molecule has 2 atom stereocenters. The molecule has 0 bridgehead atoms. The van der Waals surface area contributed by atoms with Gasteiger partial charge in [-0.1, -0.05) is 12.2 Å². The Bertz CT molecular complexity index is 108. The molecule has 0 saturated carbocycles. The van der Waals surface area contributed by atoms with Gasteiger partial charge >= 0.3 is 0 Å². The van der Waals surface area contributed by atoms with E-state index in [1.54, 1.807) is 12.2 Å². The summed E-state index contributed by atoms with van der Waals surface area (Å²) in [5.41, 5.74) is 0. The van der Waals surface area contributed by atoms with E-state index in [0.717, 1.165) is 0 Å². The van der Waals surface area contributed by atoms with E-state index in [1.165, 1.54) is 0 Å². The minimum absolute atomic E-state index is 0.337. The molecule has 10 heavy (non-hydrogen) atoms. The van der Waals surface area contributed by atoms with Gasteiger partial charge < -0.3 is 14.9 Å². The van der Waals surface area contributed by atoms with Crippen LogP contribution in [0.5, 0.6) is 0 Å². The van der Waals surface area contributed by atoms with E-state index in [4.69, 9.17) is 14.9 Å². The first-order valence-electron chi connectivity index (χ1n) is 3.41. The molecule has 0 aromatic carbocycles. The number of aliphatic hydroxyl groups is 2. The van der Waals surface area contributed by atoms with Crippen LogP contribution in [0, 0.1) is 0 Å². The van der Waals surface area contributed by atoms with E-state index in [-0.39, 0.29) is 0 Å². The average molecular weight is 144 g/mol. The smallest absolute Gasteiger partial charge is 0.0955 e. The van der Waals surface area contributed by atoms with Crippen molar-refractivity contribution in [3.63, 3.8) is 0 Å². The second kappa shape index (κ2) is 3.71. The molecule has 1 rings (SSSR count). The summed E-state index contributed by atoms with van der Waals surface area (Å²) < 4.78 is 5.00. The lowest BCUT2D eigenvalue weighted by Gasteiger charge is -2.13. The molecule has 3 heteroatoms. The van der Waals surface area contributed by atoms with Crippen molar-refractivity contribution in [1.29, 1.82) is 0 Å². The number of aliphatic hydroxyl groups excluding tert-OH is 2. The molecule has 0 aliphatic carbocycles. The molecule has 58 valence electrons. The molecule has 1 aliphatic rings. The van der Waals surface area contributed by atoms with E-state index in [1.807, 2.05) is 0 Å². The monoisotopic (exact) mass is 144 g/mol. The predicted molar refractivity (Wildman–Crippen MR) is 36.6 cm³/mol. The highest BCUT2D eigenvalue weighted by Crippen LogP contribution is 2.01. The molecule has 0 radical (unpaired) electrons. The molecular weight excluding hydrogens is 132 g/mol. The van der Waals surface area contributed by atoms with E-state index >= 15 is 0 Å². The Morgan fingerprint density at radius 3 is 2.70 bits per heavy atom. The highest BCUT2D eigenvalue weighted by Gasteiger charge is 2.06. The molecule has 3 nitrogen and oxygen atoms in total. The fourth-order valence-corrected chi connectivity index (χ4v) is 0.816. The summed E-state index contributed by atoms with van der Waals surface area (Å²) in [6.07, 6.45) is 2.75. The fraction of sp³-hybridized carbons (Fsp3) is 0.714. The Morgan fingerprint density at radius 1 is 1.20 bits per heavy atom. The Balaban J connectivity index is 2.42. The van der Waals surface area contributed by atoms with Gasteiger partial charge in [0.25, 0.3) is 0 Å². The zero-order valence-corrected chi connectivity index (χ0v) is 5.73. The summed E-state index contributed by atoms with van der Waals surface area (Å²) in [6.45, 7) is 0.853. The third-order valence-corrected chi connectivity index (χ3v) is 1.40. The Hall–Kier alpha value is -0.380. The van der Waals surface area contributed by atoms with Crippen LogP contribution < -0.4 is 0 Å². The highest BCUT2D eigenvalue weighted by molar-refractivity contribution is 4.94. The number of ether oxygens (including phenoxy) is 1. The molecule has 0 amide bonds. The van der Waals surface area contributed by atoms with Crippen LogP contribution in [0.1, 0.15) is 6.42 Å². The largest absolute Gasteiger partial charge is 0.389 e. The maximum atomic E-state index is 9.05. The van der Waals surface area contributed by atoms with Crippen LogP contribution in [0.4, 0.5) is 0 Å². The Morgan fingerprint density at radius 2 is 1.90 bits per heavy atom. The summed E-state index contributed by atoms with van der Waals surface area (Å²) in [4.78, 5) is 0. The van der Waals surface area contributed by atoms with Crippen molar-refractivity contribution < 1.29 is 14.9 Å². The lowest BCUT2D eigenvalue weighted by molar-refractivity contribution is 0.0383. The standard InChI is InChI=1S/C7H12O3/c8-6-1-2-7(9)5-10-4-3-6/h1-2,6-9H,3-5H2/b2-1+. The molecule has 2 unspecified atom stereocenters. The summed E-state index contributed by atoms with van der Waals surface area (Å²) in [6, 6.07) is 0. The minimum atomic E-state index is -0.560. The Kier molecular flexibility index (Phi) is 2.86. The molecule has 0 aromatic rings. The van der Waals surface area contributed by atoms with Crippen LogP contribution in [-0.4, -0.2) is 35.6 Å². The van der Waals surface area contributed by atoms with E-state index in [9.17, 15) is 0 Å². The SMILES string of the molecule is OC1/C=C/C(O)COCC1. The first-order valence-corrected chi connectivity index (χ1v) is 3.41. The molecule has 2 N–H and O–H groups in total. The van der Waals surface area contributed by atoms with Gasteiger partial charge in [-0.15, -0.1) is 0 Å². The first-order chi connectivity index (χ1) is 4.79. The lowest BCUT2D eigenvalue weighted by atomic mass is 10.2. The topological polar surface area (TPSA) is 49.7 Å². The van der Waals surface area contributed by atoms with Crippen LogP contribution in [0.25, 0.3) is 0 Å². The van der Waals surface area contributed by atoms with Gasteiger partial charge in [0.1, 0.15) is 0 Å². The third-order valence-electron chi connectivity index (χ3n) is 1.40. The van der Waals surface area contributed by atoms with Gasteiger partial charge in [0, 0.05) is 13.0 Å². The maximum Gasteiger partial charge on any atom is 0.0955 e. The summed E-state index contributed by atoms with van der Waals surface area (Å²) >= 11 is 0. The zero-order valence-electron chi connectivity index (χ0n) is 5.73. The van der Waals surface area contributed by atoms with Gasteiger partial charge in [0.05, 0.1) is 18.8 Å². The van der Waals surface area contributed by atoms with Crippen molar-refractivity contribution >= 4 is 0 Å². The molecule has 1 aliphatic heterocycles. The fourth-order valence-electron chi connectivity index (χ4n) is 0.816. The maximum absolute atomic E-state index is 9.05. The van der Waals surface area contributed by atoms with Crippen molar-refractivity contribution in [3.05, 3.63) is 12.2 Å². The quantitative estimate of drug-likeness (QED) is 0.458. The average Bonchev–Trinajstić information content (AvgIpc) is 1.90. The highest BCUT2D eigenvalue weighted by atomic mass is 16.5. The van der Waals surface area contributed by atoms with Gasteiger partial charge in [-0.2, -0.15) is 0 Å². The lowest BCUT2D eigenvalue weighted by Crippen LogP contribution is -2.19. The van der Waals surface area contributed by atoms with Gasteiger partial charge in [-0.25, -0.2) is 0 Å². The van der Waals surface area contributed by atoms with Gasteiger partial charge in [-0.05, 0) is 0 Å². The number of rotatable bonds is 0. The van der Waals surface area contributed by atoms with Crippen molar-refractivity contribution in [2.24, 2.45) is 0 Å². The van der Waals surface area contributed by atoms with Crippen LogP contribution in [-0.2, 0) is 4.74 Å². The second-order valence-electron chi connectivity index (χ2n) is 2.38. The second-order valence-corrected chi connectivity index (χ2v) is 2.38. The van der Waals surface area contributed by atoms with E-state index in [0.29, 0.717) is 19.6 Å². The number of hydrogen-bond acceptors (Lipinski definition) is 3. The summed E-state index contributed by atoms with van der Waals surface area (Å²) in [5.74, 6) is 0. The van der Waals surface area contributed by atoms with Crippen molar-refractivity contribution in [2.75, 3.05) is 13.2 Å². The van der Waals surface area contributed by atoms with Crippen molar-refractivity contribution in [3.8, 4) is 0 Å². The van der Waals surface area contributed by atoms with Crippen molar-refractivity contribution in [1.82, 2.24) is 0 Å². The van der Waals surface area contributed by atoms with E-state index < -0.39 is 12.2 Å². The van der Waals surface area contributed by atoms with Crippen LogP contribution in [0.15, 0.2) is 12.2 Å². The summed E-state index contributed by atoms with van der Waals surface area (Å²) in [5, 5.41) is 18.1. The van der Waals surface area contributed by atoms with Gasteiger partial charge in [0.15, 0.2) is 0 Å². The van der Waals surface area contributed by atoms with Crippen LogP contribution >= 0.6 is 0 Å². The van der Waals surface area contributed by atoms with Crippen LogP contribution in [0.3, 0.4) is 0 Å². The normalized spacial score (nSPS) is 38.2. The molecule has 0 saturated heterocycles. The predicted octanol–water partition coefficient (Wildman–Crippen LogP) is -0.315. The zero-order chi connectivity index (χ0) is 7.40. The Labute approximate surface area is 59.9 Å². The molecule has 1 heterocycles. The third kappa shape index (κ3) is 2.47. The minimum Gasteiger partial charge on any atom is -0.389 e. The molecule has 0 aromatic heterocycles. The molecule has 0 fully saturated rings. The number of hydrogen-bond donors (Lipinski definition) is 2. The molecular formula is C7H12O3. The van der Waals surface area contributed by atoms with Crippen LogP contribution in [0.2, 0.25) is 0 Å². The molecule has 0 spiro atoms. The van der Waals surface area contributed by atoms with Gasteiger partial charge in [0.2, 0.25) is 0 Å². The summed E-state index contributed by atoms with van der Waals surface area (Å²) in [7, 11) is 0. The van der Waals surface area contributed by atoms with Crippen molar-refractivity contribution in [2.45, 2.75) is 18.6 Å². The first kappa shape index (κ1) is 7.72. The van der Waals surface area contributed by atoms with Gasteiger partial charge in [-0.3, -0.25) is 0 Å². The van der Waals surface area contributed by atoms with E-state index in [2.05, 4.69) is 0 Å².